The molecule has 0 amide bonds. The molecular weight excluding hydrogens is 404 g/mol. The highest BCUT2D eigenvalue weighted by Gasteiger charge is 2.67. The fraction of sp³-hybridized carbons (Fsp3) is 0.652. The van der Waals surface area contributed by atoms with E-state index in [-0.39, 0.29) is 18.2 Å². The van der Waals surface area contributed by atoms with Crippen LogP contribution in [0, 0.1) is 28.6 Å². The van der Waals surface area contributed by atoms with Crippen molar-refractivity contribution >= 4 is 23.7 Å². The van der Waals surface area contributed by atoms with Crippen molar-refractivity contribution in [1.82, 2.24) is 0 Å². The fourth-order valence-electron chi connectivity index (χ4n) is 6.46. The number of esters is 3. The molecule has 2 aliphatic carbocycles. The monoisotopic (exact) mass is 432 g/mol. The minimum Gasteiger partial charge on any atom is -0.472 e. The second kappa shape index (κ2) is 7.50. The number of ether oxygens (including phenoxy) is 3. The number of hydrogen-bond acceptors (Lipinski definition) is 8. The van der Waals surface area contributed by atoms with Crippen molar-refractivity contribution in [2.75, 3.05) is 7.11 Å². The van der Waals surface area contributed by atoms with Gasteiger partial charge in [-0.1, -0.05) is 13.8 Å². The summed E-state index contributed by atoms with van der Waals surface area (Å²) in [5, 5.41) is 0. The van der Waals surface area contributed by atoms with Gasteiger partial charge in [0.2, 0.25) is 0 Å². The lowest BCUT2D eigenvalue weighted by molar-refractivity contribution is -0.210. The van der Waals surface area contributed by atoms with Crippen LogP contribution in [-0.2, 0) is 33.4 Å². The van der Waals surface area contributed by atoms with Gasteiger partial charge in [-0.3, -0.25) is 19.2 Å². The highest BCUT2D eigenvalue weighted by Crippen LogP contribution is 2.65. The maximum absolute atomic E-state index is 13.7. The van der Waals surface area contributed by atoms with E-state index in [2.05, 4.69) is 0 Å². The first-order valence-corrected chi connectivity index (χ1v) is 10.6. The van der Waals surface area contributed by atoms with Crippen molar-refractivity contribution in [2.24, 2.45) is 28.6 Å². The quantitative estimate of drug-likeness (QED) is 0.530. The first-order valence-electron chi connectivity index (χ1n) is 10.6. The maximum Gasteiger partial charge on any atom is 0.310 e. The molecule has 3 unspecified atom stereocenters. The summed E-state index contributed by atoms with van der Waals surface area (Å²) in [7, 11) is 1.32. The Bertz CT molecular complexity index is 905. The Morgan fingerprint density at radius 1 is 1.19 bits per heavy atom. The zero-order valence-electron chi connectivity index (χ0n) is 18.2. The zero-order valence-corrected chi connectivity index (χ0v) is 18.2. The van der Waals surface area contributed by atoms with Gasteiger partial charge < -0.3 is 18.6 Å². The fourth-order valence-corrected chi connectivity index (χ4v) is 6.46. The Balaban J connectivity index is 1.80. The van der Waals surface area contributed by atoms with Crippen LogP contribution in [0.15, 0.2) is 23.0 Å². The van der Waals surface area contributed by atoms with Crippen molar-refractivity contribution in [2.45, 2.75) is 58.7 Å². The van der Waals surface area contributed by atoms with Crippen molar-refractivity contribution < 1.29 is 37.8 Å². The summed E-state index contributed by atoms with van der Waals surface area (Å²) in [6, 6.07) is 1.74. The molecule has 8 nitrogen and oxygen atoms in total. The van der Waals surface area contributed by atoms with Gasteiger partial charge in [-0.2, -0.15) is 0 Å². The number of carbonyl (C=O) groups is 4. The van der Waals surface area contributed by atoms with Gasteiger partial charge in [0.15, 0.2) is 11.9 Å². The Kier molecular flexibility index (Phi) is 5.22. The summed E-state index contributed by atoms with van der Waals surface area (Å²) in [6.07, 6.45) is 2.98. The highest BCUT2D eigenvalue weighted by atomic mass is 16.6. The van der Waals surface area contributed by atoms with E-state index in [1.807, 2.05) is 13.8 Å². The predicted octanol–water partition coefficient (Wildman–Crippen LogP) is 3.00. The van der Waals surface area contributed by atoms with Crippen molar-refractivity contribution in [3.05, 3.63) is 24.2 Å². The largest absolute Gasteiger partial charge is 0.472 e. The number of Topliss-reactive ketones (excluding diaryl/α,β-unsaturated/α-hetero) is 1. The number of hydrogen-bond donors (Lipinski definition) is 0. The van der Waals surface area contributed by atoms with E-state index in [1.54, 1.807) is 6.07 Å². The van der Waals surface area contributed by atoms with Crippen molar-refractivity contribution in [3.8, 4) is 0 Å². The molecule has 1 aliphatic heterocycles. The molecule has 31 heavy (non-hydrogen) atoms. The molecule has 2 saturated carbocycles. The minimum atomic E-state index is -1.04. The van der Waals surface area contributed by atoms with Crippen LogP contribution in [0.4, 0.5) is 0 Å². The Morgan fingerprint density at radius 3 is 2.55 bits per heavy atom. The molecule has 7 atom stereocenters. The number of furan rings is 1. The molecule has 0 bridgehead atoms. The van der Waals surface area contributed by atoms with E-state index in [4.69, 9.17) is 18.6 Å². The first-order chi connectivity index (χ1) is 14.6. The van der Waals surface area contributed by atoms with E-state index >= 15 is 0 Å². The zero-order chi connectivity index (χ0) is 22.6. The summed E-state index contributed by atoms with van der Waals surface area (Å²) in [5.41, 5.74) is -0.763. The Morgan fingerprint density at radius 2 is 1.94 bits per heavy atom. The van der Waals surface area contributed by atoms with Crippen LogP contribution >= 0.6 is 0 Å². The van der Waals surface area contributed by atoms with Gasteiger partial charge in [0, 0.05) is 24.8 Å². The third kappa shape index (κ3) is 3.27. The first kappa shape index (κ1) is 21.6. The lowest BCUT2D eigenvalue weighted by Gasteiger charge is -2.60. The summed E-state index contributed by atoms with van der Waals surface area (Å²) in [6.45, 7) is 5.09. The SMILES string of the molecule is COC(=O)C1C[C@H](OC(C)=O)C(=O)C2[C@@]1(C)CCC1C(=O)O[C@H](c3ccoc3)C[C@@]12C. The molecule has 4 rings (SSSR count). The van der Waals surface area contributed by atoms with Crippen LogP contribution in [0.25, 0.3) is 0 Å². The number of fused-ring (bicyclic) bond motifs is 3. The van der Waals surface area contributed by atoms with Gasteiger partial charge in [0.05, 0.1) is 31.5 Å². The molecule has 0 aromatic carbocycles. The van der Waals surface area contributed by atoms with E-state index in [9.17, 15) is 19.2 Å². The maximum atomic E-state index is 13.7. The minimum absolute atomic E-state index is 0.0917. The topological polar surface area (TPSA) is 109 Å². The molecule has 1 aromatic heterocycles. The molecule has 0 radical (unpaired) electrons. The van der Waals surface area contributed by atoms with Crippen molar-refractivity contribution in [3.63, 3.8) is 0 Å². The van der Waals surface area contributed by atoms with Crippen molar-refractivity contribution in [1.29, 1.82) is 0 Å². The molecule has 0 spiro atoms. The van der Waals surface area contributed by atoms with E-state index in [1.165, 1.54) is 26.6 Å². The number of rotatable bonds is 3. The van der Waals surface area contributed by atoms with Crippen LogP contribution in [0.5, 0.6) is 0 Å². The molecule has 1 saturated heterocycles. The van der Waals surface area contributed by atoms with Gasteiger partial charge in [-0.15, -0.1) is 0 Å². The van der Waals surface area contributed by atoms with Gasteiger partial charge in [-0.25, -0.2) is 0 Å². The van der Waals surface area contributed by atoms with E-state index in [0.29, 0.717) is 19.3 Å². The standard InChI is InChI=1S/C23H28O8/c1-12(24)30-16-9-15(20(26)28-4)22(2)7-5-14-21(27)31-17(13-6-8-29-11-13)10-23(14,3)19(22)18(16)25/h6,8,11,14-17,19H,5,7,9-10H2,1-4H3/t14?,15?,16-,17-,19?,22-,23-/m0/s1. The van der Waals surface area contributed by atoms with E-state index < -0.39 is 52.7 Å². The average Bonchev–Trinajstić information content (AvgIpc) is 3.23. The molecule has 3 fully saturated rings. The third-order valence-corrected chi connectivity index (χ3v) is 7.81. The summed E-state index contributed by atoms with van der Waals surface area (Å²) >= 11 is 0. The lowest BCUT2D eigenvalue weighted by atomic mass is 9.43. The molecular formula is C23H28O8. The van der Waals surface area contributed by atoms with Gasteiger partial charge in [-0.05, 0) is 36.2 Å². The average molecular weight is 432 g/mol. The molecule has 168 valence electrons. The van der Waals surface area contributed by atoms with E-state index in [0.717, 1.165) is 5.56 Å². The third-order valence-electron chi connectivity index (χ3n) is 7.81. The molecule has 1 aromatic rings. The summed E-state index contributed by atoms with van der Waals surface area (Å²) < 4.78 is 21.3. The van der Waals surface area contributed by atoms with Gasteiger partial charge in [0.1, 0.15) is 6.10 Å². The molecule has 0 N–H and O–H groups in total. The highest BCUT2D eigenvalue weighted by molar-refractivity contribution is 5.93. The number of cyclic esters (lactones) is 1. The van der Waals surface area contributed by atoms with Crippen LogP contribution in [0.2, 0.25) is 0 Å². The Hall–Kier alpha value is -2.64. The predicted molar refractivity (Wildman–Crippen MR) is 105 cm³/mol. The lowest BCUT2D eigenvalue weighted by Crippen LogP contribution is -2.64. The molecule has 3 aliphatic rings. The normalized spacial score (nSPS) is 39.7. The second-order valence-electron chi connectivity index (χ2n) is 9.53. The smallest absolute Gasteiger partial charge is 0.310 e. The van der Waals surface area contributed by atoms with Crippen LogP contribution in [-0.4, -0.2) is 36.9 Å². The number of carbonyl (C=O) groups excluding carboxylic acids is 4. The second-order valence-corrected chi connectivity index (χ2v) is 9.53. The van der Waals surface area contributed by atoms with Crippen LogP contribution in [0.1, 0.15) is 58.1 Å². The summed E-state index contributed by atoms with van der Waals surface area (Å²) in [5.74, 6) is -3.35. The Labute approximate surface area is 180 Å². The number of ketones is 1. The summed E-state index contributed by atoms with van der Waals surface area (Å²) in [4.78, 5) is 51.2. The van der Waals surface area contributed by atoms with Gasteiger partial charge in [0.25, 0.3) is 0 Å². The number of methoxy groups -OCH3 is 1. The van der Waals surface area contributed by atoms with Crippen LogP contribution < -0.4 is 0 Å². The molecule has 2 heterocycles. The van der Waals surface area contributed by atoms with Gasteiger partial charge >= 0.3 is 17.9 Å². The van der Waals surface area contributed by atoms with Crippen LogP contribution in [0.3, 0.4) is 0 Å². The molecule has 8 heteroatoms.